The van der Waals surface area contributed by atoms with Crippen LogP contribution in [-0.2, 0) is 11.8 Å². The number of ether oxygens (including phenoxy) is 1. The summed E-state index contributed by atoms with van der Waals surface area (Å²) in [6, 6.07) is 0.218. The number of hydrogen-bond acceptors (Lipinski definition) is 4. The molecular formula is C12H20N4OS. The molecule has 1 aromatic heterocycles. The molecule has 3 N–H and O–H groups in total. The van der Waals surface area contributed by atoms with Crippen molar-refractivity contribution in [1.82, 2.24) is 9.78 Å². The first-order chi connectivity index (χ1) is 8.50. The van der Waals surface area contributed by atoms with Crippen molar-refractivity contribution in [2.45, 2.75) is 38.8 Å². The lowest BCUT2D eigenvalue weighted by molar-refractivity contribution is 0.0995. The number of anilines is 1. The van der Waals surface area contributed by atoms with Gasteiger partial charge in [0.05, 0.1) is 23.4 Å². The van der Waals surface area contributed by atoms with Gasteiger partial charge < -0.3 is 15.8 Å². The van der Waals surface area contributed by atoms with Crippen molar-refractivity contribution >= 4 is 23.0 Å². The van der Waals surface area contributed by atoms with Gasteiger partial charge in [-0.1, -0.05) is 12.2 Å². The van der Waals surface area contributed by atoms with E-state index in [2.05, 4.69) is 17.3 Å². The first-order valence-corrected chi connectivity index (χ1v) is 6.63. The molecule has 0 saturated carbocycles. The largest absolute Gasteiger partial charge is 0.389 e. The van der Waals surface area contributed by atoms with Crippen LogP contribution in [0.25, 0.3) is 0 Å². The van der Waals surface area contributed by atoms with Crippen LogP contribution in [0.15, 0.2) is 0 Å². The van der Waals surface area contributed by atoms with Gasteiger partial charge in [0.15, 0.2) is 0 Å². The fourth-order valence-corrected chi connectivity index (χ4v) is 2.67. The molecule has 100 valence electrons. The molecule has 0 radical (unpaired) electrons. The predicted octanol–water partition coefficient (Wildman–Crippen LogP) is 1.34. The maximum atomic E-state index is 5.76. The minimum Gasteiger partial charge on any atom is -0.389 e. The van der Waals surface area contributed by atoms with Gasteiger partial charge in [0.2, 0.25) is 0 Å². The Morgan fingerprint density at radius 2 is 2.39 bits per heavy atom. The molecule has 5 nitrogen and oxygen atoms in total. The monoisotopic (exact) mass is 268 g/mol. The van der Waals surface area contributed by atoms with E-state index < -0.39 is 0 Å². The second kappa shape index (κ2) is 5.24. The van der Waals surface area contributed by atoms with Crippen LogP contribution in [0.4, 0.5) is 5.82 Å². The van der Waals surface area contributed by atoms with E-state index in [0.29, 0.717) is 4.99 Å². The summed E-state index contributed by atoms with van der Waals surface area (Å²) in [5.74, 6) is 0.878. The number of nitrogens with two attached hydrogens (primary N) is 1. The topological polar surface area (TPSA) is 65.1 Å². The van der Waals surface area contributed by atoms with Crippen molar-refractivity contribution in [2.75, 3.05) is 11.9 Å². The van der Waals surface area contributed by atoms with Crippen LogP contribution >= 0.6 is 12.2 Å². The fraction of sp³-hybridized carbons (Fsp3) is 0.667. The normalized spacial score (nSPS) is 20.9. The van der Waals surface area contributed by atoms with Gasteiger partial charge in [-0.25, -0.2) is 0 Å². The summed E-state index contributed by atoms with van der Waals surface area (Å²) in [6.45, 7) is 4.88. The number of aryl methyl sites for hydroxylation is 2. The van der Waals surface area contributed by atoms with Gasteiger partial charge in [0.1, 0.15) is 10.8 Å². The Bertz CT molecular complexity index is 451. The van der Waals surface area contributed by atoms with Crippen molar-refractivity contribution in [3.05, 3.63) is 11.3 Å². The molecule has 1 aliphatic heterocycles. The Hall–Kier alpha value is -1.14. The number of rotatable bonds is 4. The minimum atomic E-state index is 0.218. The molecule has 2 atom stereocenters. The predicted molar refractivity (Wildman–Crippen MR) is 75.9 cm³/mol. The van der Waals surface area contributed by atoms with Crippen LogP contribution in [0.5, 0.6) is 0 Å². The maximum Gasteiger partial charge on any atom is 0.134 e. The van der Waals surface area contributed by atoms with Crippen LogP contribution in [0.3, 0.4) is 0 Å². The summed E-state index contributed by atoms with van der Waals surface area (Å²) in [4.78, 5) is 0.377. The van der Waals surface area contributed by atoms with E-state index in [1.165, 1.54) is 0 Å². The van der Waals surface area contributed by atoms with Crippen molar-refractivity contribution in [3.8, 4) is 0 Å². The molecule has 0 aromatic carbocycles. The summed E-state index contributed by atoms with van der Waals surface area (Å²) < 4.78 is 7.46. The zero-order chi connectivity index (χ0) is 13.3. The molecule has 0 bridgehead atoms. The average Bonchev–Trinajstić information content (AvgIpc) is 2.87. The van der Waals surface area contributed by atoms with E-state index in [-0.39, 0.29) is 12.1 Å². The molecule has 0 amide bonds. The Kier molecular flexibility index (Phi) is 3.87. The molecule has 1 saturated heterocycles. The van der Waals surface area contributed by atoms with Crippen LogP contribution in [-0.4, -0.2) is 33.5 Å². The molecular weight excluding hydrogens is 248 g/mol. The highest BCUT2D eigenvalue weighted by Crippen LogP contribution is 2.23. The second-order valence-electron chi connectivity index (χ2n) is 4.78. The van der Waals surface area contributed by atoms with Crippen LogP contribution in [0, 0.1) is 6.92 Å². The van der Waals surface area contributed by atoms with Gasteiger partial charge in [-0.05, 0) is 26.7 Å². The zero-order valence-corrected chi connectivity index (χ0v) is 11.9. The highest BCUT2D eigenvalue weighted by Gasteiger charge is 2.25. The smallest absolute Gasteiger partial charge is 0.134 e. The first-order valence-electron chi connectivity index (χ1n) is 6.22. The SMILES string of the molecule is Cc1nn(C)c(NC(C)C2CCCO2)c1C(N)=S. The van der Waals surface area contributed by atoms with Crippen LogP contribution in [0.2, 0.25) is 0 Å². The lowest BCUT2D eigenvalue weighted by Gasteiger charge is -2.21. The quantitative estimate of drug-likeness (QED) is 0.807. The van der Waals surface area contributed by atoms with Crippen LogP contribution in [0.1, 0.15) is 31.0 Å². The third kappa shape index (κ3) is 2.49. The highest BCUT2D eigenvalue weighted by molar-refractivity contribution is 7.80. The van der Waals surface area contributed by atoms with Gasteiger partial charge in [0, 0.05) is 13.7 Å². The fourth-order valence-electron chi connectivity index (χ4n) is 2.42. The van der Waals surface area contributed by atoms with E-state index in [9.17, 15) is 0 Å². The molecule has 18 heavy (non-hydrogen) atoms. The summed E-state index contributed by atoms with van der Waals surface area (Å²) in [5, 5.41) is 7.79. The van der Waals surface area contributed by atoms with Gasteiger partial charge in [0.25, 0.3) is 0 Å². The molecule has 1 aromatic rings. The lowest BCUT2D eigenvalue weighted by Crippen LogP contribution is -2.31. The first kappa shape index (κ1) is 13.3. The van der Waals surface area contributed by atoms with Crippen molar-refractivity contribution in [1.29, 1.82) is 0 Å². The zero-order valence-electron chi connectivity index (χ0n) is 11.1. The third-order valence-corrected chi connectivity index (χ3v) is 3.56. The van der Waals surface area contributed by atoms with Crippen molar-refractivity contribution in [3.63, 3.8) is 0 Å². The van der Waals surface area contributed by atoms with E-state index in [4.69, 9.17) is 22.7 Å². The van der Waals surface area contributed by atoms with Crippen molar-refractivity contribution in [2.24, 2.45) is 12.8 Å². The van der Waals surface area contributed by atoms with Gasteiger partial charge >= 0.3 is 0 Å². The molecule has 2 heterocycles. The number of hydrogen-bond donors (Lipinski definition) is 2. The van der Waals surface area contributed by atoms with E-state index >= 15 is 0 Å². The molecule has 0 spiro atoms. The number of nitrogens with one attached hydrogen (secondary N) is 1. The Balaban J connectivity index is 2.20. The number of thiocarbonyl (C=S) groups is 1. The van der Waals surface area contributed by atoms with Gasteiger partial charge in [-0.3, -0.25) is 4.68 Å². The van der Waals surface area contributed by atoms with E-state index in [1.54, 1.807) is 4.68 Å². The maximum absolute atomic E-state index is 5.76. The molecule has 2 rings (SSSR count). The summed E-state index contributed by atoms with van der Waals surface area (Å²) in [7, 11) is 1.89. The van der Waals surface area contributed by atoms with Gasteiger partial charge in [-0.15, -0.1) is 0 Å². The third-order valence-electron chi connectivity index (χ3n) is 3.36. The van der Waals surface area contributed by atoms with Crippen molar-refractivity contribution < 1.29 is 4.74 Å². The summed E-state index contributed by atoms with van der Waals surface area (Å²) in [6.07, 6.45) is 2.47. The molecule has 1 aliphatic rings. The molecule has 1 fully saturated rings. The Morgan fingerprint density at radius 3 is 2.94 bits per heavy atom. The summed E-state index contributed by atoms with van der Waals surface area (Å²) >= 11 is 5.09. The number of nitrogens with zero attached hydrogens (tertiary/aromatic N) is 2. The molecule has 2 unspecified atom stereocenters. The molecule has 6 heteroatoms. The van der Waals surface area contributed by atoms with E-state index in [1.807, 2.05) is 14.0 Å². The Labute approximate surface area is 113 Å². The Morgan fingerprint density at radius 1 is 1.67 bits per heavy atom. The van der Waals surface area contributed by atoms with Gasteiger partial charge in [-0.2, -0.15) is 5.10 Å². The minimum absolute atomic E-state index is 0.218. The molecule has 0 aliphatic carbocycles. The lowest BCUT2D eigenvalue weighted by atomic mass is 10.1. The number of aromatic nitrogens is 2. The van der Waals surface area contributed by atoms with Crippen LogP contribution < -0.4 is 11.1 Å². The standard InChI is InChI=1S/C12H20N4OS/c1-7(9-5-4-6-17-9)14-12-10(11(13)18)8(2)15-16(12)3/h7,9,14H,4-6H2,1-3H3,(H2,13,18). The highest BCUT2D eigenvalue weighted by atomic mass is 32.1. The van der Waals surface area contributed by atoms with E-state index in [0.717, 1.165) is 36.5 Å². The summed E-state index contributed by atoms with van der Waals surface area (Å²) in [5.41, 5.74) is 7.45. The second-order valence-corrected chi connectivity index (χ2v) is 5.22. The average molecular weight is 268 g/mol.